The fraction of sp³-hybridized carbons (Fsp3) is 0.0476. The Morgan fingerprint density at radius 2 is 1.65 bits per heavy atom. The van der Waals surface area contributed by atoms with Gasteiger partial charge in [0.25, 0.3) is 5.91 Å². The molecule has 0 fully saturated rings. The maximum absolute atomic E-state index is 12.5. The summed E-state index contributed by atoms with van der Waals surface area (Å²) in [4.78, 5) is 29.3. The van der Waals surface area contributed by atoms with Gasteiger partial charge in [-0.2, -0.15) is 0 Å². The summed E-state index contributed by atoms with van der Waals surface area (Å²) in [6.07, 6.45) is -4.83. The number of ether oxygens (including phenoxy) is 2. The monoisotopic (exact) mass is 429 g/mol. The van der Waals surface area contributed by atoms with Crippen LogP contribution in [0, 0.1) is 0 Å². The summed E-state index contributed by atoms with van der Waals surface area (Å²) in [7, 11) is 0. The van der Waals surface area contributed by atoms with Gasteiger partial charge in [-0.15, -0.1) is 13.2 Å². The molecule has 0 spiro atoms. The van der Waals surface area contributed by atoms with E-state index in [2.05, 4.69) is 20.0 Å². The minimum absolute atomic E-state index is 0.132. The van der Waals surface area contributed by atoms with Gasteiger partial charge in [0.15, 0.2) is 5.75 Å². The van der Waals surface area contributed by atoms with E-state index < -0.39 is 18.0 Å². The fourth-order valence-electron chi connectivity index (χ4n) is 2.92. The number of carbonyl (C=O) groups excluding carboxylic acids is 1. The van der Waals surface area contributed by atoms with Crippen molar-refractivity contribution in [1.82, 2.24) is 9.97 Å². The molecule has 0 aliphatic heterocycles. The molecule has 0 saturated heterocycles. The molecule has 3 N–H and O–H groups in total. The third kappa shape index (κ3) is 4.86. The normalized spacial score (nSPS) is 11.3. The van der Waals surface area contributed by atoms with Crippen LogP contribution in [0.1, 0.15) is 10.4 Å². The molecule has 1 amide bonds. The van der Waals surface area contributed by atoms with E-state index in [9.17, 15) is 22.8 Å². The van der Waals surface area contributed by atoms with Crippen molar-refractivity contribution in [2.24, 2.45) is 0 Å². The van der Waals surface area contributed by atoms with Crippen molar-refractivity contribution < 1.29 is 27.4 Å². The summed E-state index contributed by atoms with van der Waals surface area (Å²) in [6.45, 7) is 0. The molecule has 0 unspecified atom stereocenters. The first-order chi connectivity index (χ1) is 14.8. The van der Waals surface area contributed by atoms with Gasteiger partial charge in [-0.3, -0.25) is 4.79 Å². The minimum Gasteiger partial charge on any atom is -0.455 e. The molecule has 1 heterocycles. The van der Waals surface area contributed by atoms with Crippen molar-refractivity contribution >= 4 is 22.6 Å². The Morgan fingerprint density at radius 3 is 2.45 bits per heavy atom. The summed E-state index contributed by atoms with van der Waals surface area (Å²) in [5.41, 5.74) is 1.01. The lowest BCUT2D eigenvalue weighted by Crippen LogP contribution is -2.17. The molecule has 7 nitrogen and oxygen atoms in total. The van der Waals surface area contributed by atoms with E-state index in [0.29, 0.717) is 22.5 Å². The Kier molecular flexibility index (Phi) is 5.12. The summed E-state index contributed by atoms with van der Waals surface area (Å²) < 4.78 is 46.8. The molecule has 0 aliphatic carbocycles. The number of anilines is 1. The number of rotatable bonds is 5. The van der Waals surface area contributed by atoms with Gasteiger partial charge in [-0.05, 0) is 42.5 Å². The van der Waals surface area contributed by atoms with E-state index in [4.69, 9.17) is 4.74 Å². The second-order valence-corrected chi connectivity index (χ2v) is 6.42. The largest absolute Gasteiger partial charge is 0.573 e. The van der Waals surface area contributed by atoms with Crippen molar-refractivity contribution in [3.05, 3.63) is 82.8 Å². The first-order valence-corrected chi connectivity index (χ1v) is 8.93. The number of H-pyrrole nitrogens is 2. The van der Waals surface area contributed by atoms with Crippen molar-refractivity contribution in [2.45, 2.75) is 6.36 Å². The van der Waals surface area contributed by atoms with Crippen LogP contribution in [-0.4, -0.2) is 22.2 Å². The van der Waals surface area contributed by atoms with E-state index >= 15 is 0 Å². The second kappa shape index (κ2) is 7.90. The van der Waals surface area contributed by atoms with E-state index in [1.54, 1.807) is 30.3 Å². The number of alkyl halides is 3. The molecular weight excluding hydrogens is 415 g/mol. The average molecular weight is 429 g/mol. The molecule has 31 heavy (non-hydrogen) atoms. The Hall–Kier alpha value is -4.21. The number of fused-ring (bicyclic) bond motifs is 1. The van der Waals surface area contributed by atoms with Gasteiger partial charge in [0.05, 0.1) is 5.52 Å². The standard InChI is InChI=1S/C21H14F3N3O4/c22-21(23,24)31-15-7-2-5-13(11-15)25-19(28)12-4-1-6-14(10-12)30-17-9-3-8-16-18(17)27-20(29)26-16/h1-11H,(H,25,28)(H2,26,27,29). The topological polar surface area (TPSA) is 96.2 Å². The molecule has 0 bridgehead atoms. The summed E-state index contributed by atoms with van der Waals surface area (Å²) >= 11 is 0. The van der Waals surface area contributed by atoms with Gasteiger partial charge in [0.1, 0.15) is 17.0 Å². The van der Waals surface area contributed by atoms with Crippen LogP contribution >= 0.6 is 0 Å². The van der Waals surface area contributed by atoms with E-state index in [0.717, 1.165) is 12.1 Å². The number of nitrogens with one attached hydrogen (secondary N) is 3. The molecule has 4 rings (SSSR count). The van der Waals surface area contributed by atoms with Crippen LogP contribution in [0.2, 0.25) is 0 Å². The lowest BCUT2D eigenvalue weighted by atomic mass is 10.2. The number of hydrogen-bond acceptors (Lipinski definition) is 4. The SMILES string of the molecule is O=C(Nc1cccc(OC(F)(F)F)c1)c1cccc(Oc2cccc3[nH]c(=O)[nH]c23)c1. The summed E-state index contributed by atoms with van der Waals surface area (Å²) in [6, 6.07) is 16.2. The van der Waals surface area contributed by atoms with Gasteiger partial charge >= 0.3 is 12.1 Å². The first kappa shape index (κ1) is 20.1. The Labute approximate surface area is 172 Å². The summed E-state index contributed by atoms with van der Waals surface area (Å²) in [5, 5.41) is 2.51. The molecule has 0 radical (unpaired) electrons. The van der Waals surface area contributed by atoms with Gasteiger partial charge in [-0.1, -0.05) is 18.2 Å². The predicted octanol–water partition coefficient (Wildman–Crippen LogP) is 4.80. The zero-order valence-electron chi connectivity index (χ0n) is 15.6. The lowest BCUT2D eigenvalue weighted by molar-refractivity contribution is -0.274. The fourth-order valence-corrected chi connectivity index (χ4v) is 2.92. The predicted molar refractivity (Wildman–Crippen MR) is 107 cm³/mol. The molecule has 3 aromatic carbocycles. The number of benzene rings is 3. The Balaban J connectivity index is 1.52. The number of imidazole rings is 1. The van der Waals surface area contributed by atoms with Crippen molar-refractivity contribution in [3.63, 3.8) is 0 Å². The van der Waals surface area contributed by atoms with Crippen LogP contribution in [0.15, 0.2) is 71.5 Å². The van der Waals surface area contributed by atoms with Gasteiger partial charge in [-0.25, -0.2) is 4.79 Å². The number of carbonyl (C=O) groups is 1. The maximum Gasteiger partial charge on any atom is 0.573 e. The number of aromatic amines is 2. The Bertz CT molecular complexity index is 1310. The van der Waals surface area contributed by atoms with Crippen LogP contribution in [-0.2, 0) is 0 Å². The molecular formula is C21H14F3N3O4. The maximum atomic E-state index is 12.5. The summed E-state index contributed by atoms with van der Waals surface area (Å²) in [5.74, 6) is -0.291. The highest BCUT2D eigenvalue weighted by molar-refractivity contribution is 6.04. The number of halogens is 3. The van der Waals surface area contributed by atoms with Crippen molar-refractivity contribution in [1.29, 1.82) is 0 Å². The average Bonchev–Trinajstić information content (AvgIpc) is 3.08. The minimum atomic E-state index is -4.83. The highest BCUT2D eigenvalue weighted by atomic mass is 19.4. The zero-order chi connectivity index (χ0) is 22.0. The zero-order valence-corrected chi connectivity index (χ0v) is 15.6. The Morgan fingerprint density at radius 1 is 0.903 bits per heavy atom. The van der Waals surface area contributed by atoms with Crippen LogP contribution in [0.5, 0.6) is 17.2 Å². The highest BCUT2D eigenvalue weighted by Gasteiger charge is 2.31. The van der Waals surface area contributed by atoms with E-state index in [-0.39, 0.29) is 16.9 Å². The van der Waals surface area contributed by atoms with E-state index in [1.807, 2.05) is 0 Å². The first-order valence-electron chi connectivity index (χ1n) is 8.93. The van der Waals surface area contributed by atoms with Gasteiger partial charge in [0.2, 0.25) is 0 Å². The quantitative estimate of drug-likeness (QED) is 0.425. The van der Waals surface area contributed by atoms with Crippen LogP contribution in [0.3, 0.4) is 0 Å². The third-order valence-corrected chi connectivity index (χ3v) is 4.16. The van der Waals surface area contributed by atoms with Gasteiger partial charge in [0, 0.05) is 17.3 Å². The van der Waals surface area contributed by atoms with Crippen LogP contribution in [0.25, 0.3) is 11.0 Å². The number of amides is 1. The number of aromatic nitrogens is 2. The lowest BCUT2D eigenvalue weighted by Gasteiger charge is -2.11. The van der Waals surface area contributed by atoms with Crippen LogP contribution in [0.4, 0.5) is 18.9 Å². The van der Waals surface area contributed by atoms with E-state index in [1.165, 1.54) is 24.3 Å². The van der Waals surface area contributed by atoms with Crippen molar-refractivity contribution in [3.8, 4) is 17.2 Å². The smallest absolute Gasteiger partial charge is 0.455 e. The third-order valence-electron chi connectivity index (χ3n) is 4.16. The molecule has 10 heteroatoms. The molecule has 0 atom stereocenters. The number of hydrogen-bond donors (Lipinski definition) is 3. The highest BCUT2D eigenvalue weighted by Crippen LogP contribution is 2.28. The molecule has 1 aromatic heterocycles. The van der Waals surface area contributed by atoms with Gasteiger partial charge < -0.3 is 24.8 Å². The van der Waals surface area contributed by atoms with Crippen molar-refractivity contribution in [2.75, 3.05) is 5.32 Å². The number of para-hydroxylation sites is 1. The molecule has 0 aliphatic rings. The molecule has 4 aromatic rings. The molecule has 158 valence electrons. The molecule has 0 saturated carbocycles. The second-order valence-electron chi connectivity index (χ2n) is 6.42. The van der Waals surface area contributed by atoms with Crippen LogP contribution < -0.4 is 20.5 Å².